The number of aliphatic imine (C=N–C) groups is 1. The van der Waals surface area contributed by atoms with Crippen molar-refractivity contribution in [3.8, 4) is 5.75 Å². The standard InChI is InChI=1S/C17H24N4O3S2.HI/c1-12-16(25-13(2)21-12)11-20-17(18-3)19-9-10-24-14-5-7-15(8-6-14)26(4,22)23;/h5-8H,9-11H2,1-4H3,(H2,18,19,20);1H. The Morgan fingerprint density at radius 1 is 1.22 bits per heavy atom. The van der Waals surface area contributed by atoms with E-state index in [0.717, 1.165) is 10.7 Å². The Morgan fingerprint density at radius 3 is 2.41 bits per heavy atom. The maximum Gasteiger partial charge on any atom is 0.191 e. The third-order valence-corrected chi connectivity index (χ3v) is 5.76. The second-order valence-corrected chi connectivity index (χ2v) is 8.99. The Labute approximate surface area is 181 Å². The summed E-state index contributed by atoms with van der Waals surface area (Å²) in [4.78, 5) is 10.1. The number of halogens is 1. The van der Waals surface area contributed by atoms with Gasteiger partial charge in [-0.1, -0.05) is 0 Å². The molecule has 0 aliphatic carbocycles. The van der Waals surface area contributed by atoms with Gasteiger partial charge in [0, 0.05) is 18.2 Å². The molecule has 1 aromatic carbocycles. The molecule has 0 unspecified atom stereocenters. The molecule has 0 spiro atoms. The highest BCUT2D eigenvalue weighted by Gasteiger charge is 2.07. The summed E-state index contributed by atoms with van der Waals surface area (Å²) in [7, 11) is -1.47. The minimum atomic E-state index is -3.19. The van der Waals surface area contributed by atoms with E-state index in [1.807, 2.05) is 13.8 Å². The number of aryl methyl sites for hydroxylation is 2. The average Bonchev–Trinajstić information content (AvgIpc) is 2.91. The van der Waals surface area contributed by atoms with Gasteiger partial charge in [0.15, 0.2) is 15.8 Å². The summed E-state index contributed by atoms with van der Waals surface area (Å²) in [5.74, 6) is 1.31. The molecule has 0 radical (unpaired) electrons. The van der Waals surface area contributed by atoms with Crippen molar-refractivity contribution >= 4 is 51.1 Å². The number of thiazole rings is 1. The van der Waals surface area contributed by atoms with Crippen LogP contribution in [-0.2, 0) is 16.4 Å². The van der Waals surface area contributed by atoms with Crippen LogP contribution in [0.25, 0.3) is 0 Å². The quantitative estimate of drug-likeness (QED) is 0.250. The molecule has 7 nitrogen and oxygen atoms in total. The largest absolute Gasteiger partial charge is 0.492 e. The highest BCUT2D eigenvalue weighted by molar-refractivity contribution is 14.0. The minimum Gasteiger partial charge on any atom is -0.492 e. The number of rotatable bonds is 7. The van der Waals surface area contributed by atoms with Crippen LogP contribution in [0.1, 0.15) is 15.6 Å². The third kappa shape index (κ3) is 7.62. The number of guanidine groups is 1. The molecule has 0 bridgehead atoms. The topological polar surface area (TPSA) is 92.7 Å². The van der Waals surface area contributed by atoms with E-state index in [-0.39, 0.29) is 28.9 Å². The number of nitrogens with zero attached hydrogens (tertiary/aromatic N) is 2. The second kappa shape index (κ2) is 10.8. The zero-order valence-electron chi connectivity index (χ0n) is 15.8. The molecule has 1 aromatic heterocycles. The average molecular weight is 524 g/mol. The summed E-state index contributed by atoms with van der Waals surface area (Å²) in [5.41, 5.74) is 1.04. The first-order valence-corrected chi connectivity index (χ1v) is 10.8. The Morgan fingerprint density at radius 2 is 1.89 bits per heavy atom. The monoisotopic (exact) mass is 524 g/mol. The van der Waals surface area contributed by atoms with E-state index in [1.165, 1.54) is 23.3 Å². The molecule has 0 atom stereocenters. The molecule has 150 valence electrons. The summed E-state index contributed by atoms with van der Waals surface area (Å²) in [6.45, 7) is 5.66. The summed E-state index contributed by atoms with van der Waals surface area (Å²) < 4.78 is 28.5. The Balaban J connectivity index is 0.00000364. The van der Waals surface area contributed by atoms with Crippen molar-refractivity contribution in [2.24, 2.45) is 4.99 Å². The highest BCUT2D eigenvalue weighted by Crippen LogP contribution is 2.17. The van der Waals surface area contributed by atoms with Crippen molar-refractivity contribution in [1.82, 2.24) is 15.6 Å². The van der Waals surface area contributed by atoms with E-state index >= 15 is 0 Å². The van der Waals surface area contributed by atoms with Crippen molar-refractivity contribution in [2.75, 3.05) is 26.5 Å². The van der Waals surface area contributed by atoms with Crippen LogP contribution in [0.2, 0.25) is 0 Å². The van der Waals surface area contributed by atoms with Crippen LogP contribution in [0.4, 0.5) is 0 Å². The van der Waals surface area contributed by atoms with E-state index in [2.05, 4.69) is 20.6 Å². The lowest BCUT2D eigenvalue weighted by atomic mass is 10.3. The molecule has 0 amide bonds. The maximum atomic E-state index is 11.4. The lowest BCUT2D eigenvalue weighted by molar-refractivity contribution is 0.321. The molecule has 0 aliphatic heterocycles. The smallest absolute Gasteiger partial charge is 0.191 e. The van der Waals surface area contributed by atoms with E-state index in [9.17, 15) is 8.42 Å². The Hall–Kier alpha value is -1.40. The van der Waals surface area contributed by atoms with E-state index < -0.39 is 9.84 Å². The third-order valence-electron chi connectivity index (χ3n) is 3.55. The van der Waals surface area contributed by atoms with E-state index in [1.54, 1.807) is 30.5 Å². The summed E-state index contributed by atoms with van der Waals surface area (Å²) >= 11 is 1.67. The fourth-order valence-corrected chi connectivity index (χ4v) is 3.75. The zero-order chi connectivity index (χ0) is 19.2. The van der Waals surface area contributed by atoms with Gasteiger partial charge in [0.2, 0.25) is 0 Å². The van der Waals surface area contributed by atoms with Gasteiger partial charge in [0.1, 0.15) is 12.4 Å². The summed E-state index contributed by atoms with van der Waals surface area (Å²) in [5, 5.41) is 7.48. The fourth-order valence-electron chi connectivity index (χ4n) is 2.24. The number of sulfone groups is 1. The molecule has 0 aliphatic rings. The molecule has 2 aromatic rings. The number of benzene rings is 1. The minimum absolute atomic E-state index is 0. The zero-order valence-corrected chi connectivity index (χ0v) is 19.7. The van der Waals surface area contributed by atoms with Crippen LogP contribution in [0.3, 0.4) is 0 Å². The second-order valence-electron chi connectivity index (χ2n) is 5.69. The van der Waals surface area contributed by atoms with Gasteiger partial charge in [-0.15, -0.1) is 35.3 Å². The number of ether oxygens (including phenoxy) is 1. The van der Waals surface area contributed by atoms with Crippen molar-refractivity contribution in [2.45, 2.75) is 25.3 Å². The normalized spacial score (nSPS) is 11.6. The molecule has 27 heavy (non-hydrogen) atoms. The van der Waals surface area contributed by atoms with Crippen LogP contribution in [0.15, 0.2) is 34.2 Å². The van der Waals surface area contributed by atoms with Crippen LogP contribution in [0.5, 0.6) is 5.75 Å². The fraction of sp³-hybridized carbons (Fsp3) is 0.412. The molecule has 1 heterocycles. The van der Waals surface area contributed by atoms with E-state index in [4.69, 9.17) is 4.74 Å². The molecule has 0 saturated carbocycles. The van der Waals surface area contributed by atoms with Gasteiger partial charge in [-0.3, -0.25) is 4.99 Å². The lowest BCUT2D eigenvalue weighted by Gasteiger charge is -2.12. The van der Waals surface area contributed by atoms with Crippen molar-refractivity contribution < 1.29 is 13.2 Å². The van der Waals surface area contributed by atoms with Gasteiger partial charge in [0.25, 0.3) is 0 Å². The SMILES string of the molecule is CN=C(NCCOc1ccc(S(C)(=O)=O)cc1)NCc1sc(C)nc1C.I. The molecule has 10 heteroatoms. The van der Waals surface area contributed by atoms with Gasteiger partial charge in [0.05, 0.1) is 28.7 Å². The predicted octanol–water partition coefficient (Wildman–Crippen LogP) is 2.53. The van der Waals surface area contributed by atoms with Gasteiger partial charge >= 0.3 is 0 Å². The molecular formula is C17H25IN4O3S2. The van der Waals surface area contributed by atoms with Crippen molar-refractivity contribution in [1.29, 1.82) is 0 Å². The number of hydrogen-bond acceptors (Lipinski definition) is 6. The van der Waals surface area contributed by atoms with Crippen LogP contribution in [0, 0.1) is 13.8 Å². The lowest BCUT2D eigenvalue weighted by Crippen LogP contribution is -2.38. The summed E-state index contributed by atoms with van der Waals surface area (Å²) in [6.07, 6.45) is 1.18. The first-order chi connectivity index (χ1) is 12.3. The first kappa shape index (κ1) is 23.6. The summed E-state index contributed by atoms with van der Waals surface area (Å²) in [6, 6.07) is 6.38. The molecule has 2 N–H and O–H groups in total. The van der Waals surface area contributed by atoms with Gasteiger partial charge in [-0.05, 0) is 38.1 Å². The van der Waals surface area contributed by atoms with Gasteiger partial charge in [-0.2, -0.15) is 0 Å². The van der Waals surface area contributed by atoms with Crippen molar-refractivity contribution in [3.63, 3.8) is 0 Å². The Kier molecular flexibility index (Phi) is 9.47. The number of hydrogen-bond donors (Lipinski definition) is 2. The van der Waals surface area contributed by atoms with E-state index in [0.29, 0.717) is 31.4 Å². The molecule has 0 saturated heterocycles. The van der Waals surface area contributed by atoms with Crippen molar-refractivity contribution in [3.05, 3.63) is 39.8 Å². The van der Waals surface area contributed by atoms with Crippen LogP contribution >= 0.6 is 35.3 Å². The van der Waals surface area contributed by atoms with Gasteiger partial charge in [-0.25, -0.2) is 13.4 Å². The van der Waals surface area contributed by atoms with Gasteiger partial charge < -0.3 is 15.4 Å². The highest BCUT2D eigenvalue weighted by atomic mass is 127. The maximum absolute atomic E-state index is 11.4. The Bertz CT molecular complexity index is 865. The van der Waals surface area contributed by atoms with Crippen LogP contribution in [-0.4, -0.2) is 45.8 Å². The molecule has 2 rings (SSSR count). The number of aromatic nitrogens is 1. The predicted molar refractivity (Wildman–Crippen MR) is 120 cm³/mol. The number of nitrogens with one attached hydrogen (secondary N) is 2. The molecular weight excluding hydrogens is 499 g/mol. The van der Waals surface area contributed by atoms with Crippen LogP contribution < -0.4 is 15.4 Å². The first-order valence-electron chi connectivity index (χ1n) is 8.10. The molecule has 0 fully saturated rings.